The summed E-state index contributed by atoms with van der Waals surface area (Å²) >= 11 is 0. The number of rotatable bonds is 13. The van der Waals surface area contributed by atoms with Crippen LogP contribution in [0, 0.1) is 0 Å². The average molecular weight is 601 g/mol. The van der Waals surface area contributed by atoms with Crippen LogP contribution in [0.3, 0.4) is 0 Å². The number of benzene rings is 3. The molecule has 0 amide bonds. The summed E-state index contributed by atoms with van der Waals surface area (Å²) in [6.45, 7) is 0.0180. The van der Waals surface area contributed by atoms with E-state index in [2.05, 4.69) is 0 Å². The largest absolute Gasteiger partial charge is 0.504 e. The van der Waals surface area contributed by atoms with Crippen molar-refractivity contribution in [2.24, 2.45) is 0 Å². The Balaban J connectivity index is 1.62. The third kappa shape index (κ3) is 7.59. The van der Waals surface area contributed by atoms with Gasteiger partial charge in [-0.15, -0.1) is 0 Å². The summed E-state index contributed by atoms with van der Waals surface area (Å²) in [7, 11) is 4.27. The van der Waals surface area contributed by atoms with Gasteiger partial charge in [0.05, 0.1) is 53.4 Å². The Morgan fingerprint density at radius 2 is 1.02 bits per heavy atom. The Labute approximate surface area is 248 Å². The van der Waals surface area contributed by atoms with E-state index in [0.29, 0.717) is 16.7 Å². The lowest BCUT2D eigenvalue weighted by Crippen LogP contribution is -2.58. The molecule has 1 aliphatic rings. The van der Waals surface area contributed by atoms with Crippen molar-refractivity contribution in [2.45, 2.75) is 56.6 Å². The van der Waals surface area contributed by atoms with Gasteiger partial charge < -0.3 is 54.0 Å². The summed E-state index contributed by atoms with van der Waals surface area (Å²) in [5.41, 5.74) is -0.238. The smallest absolute Gasteiger partial charge is 0.335 e. The van der Waals surface area contributed by atoms with Gasteiger partial charge in [0.1, 0.15) is 6.10 Å². The number of ether oxygens (including phenoxy) is 6. The second-order valence-corrected chi connectivity index (χ2v) is 10.2. The molecular formula is C31H36O12. The molecule has 12 nitrogen and oxygen atoms in total. The van der Waals surface area contributed by atoms with Crippen LogP contribution in [0.25, 0.3) is 0 Å². The van der Waals surface area contributed by atoms with E-state index < -0.39 is 29.9 Å². The summed E-state index contributed by atoms with van der Waals surface area (Å²) in [4.78, 5) is 12.2. The molecule has 1 fully saturated rings. The van der Waals surface area contributed by atoms with Gasteiger partial charge in [-0.3, -0.25) is 0 Å². The first-order valence-electron chi connectivity index (χ1n) is 13.4. The zero-order chi connectivity index (χ0) is 31.1. The first-order chi connectivity index (χ1) is 20.6. The molecule has 0 radical (unpaired) electrons. The van der Waals surface area contributed by atoms with Gasteiger partial charge in [0.25, 0.3) is 0 Å². The van der Waals surface area contributed by atoms with Gasteiger partial charge in [-0.25, -0.2) is 4.79 Å². The van der Waals surface area contributed by atoms with Gasteiger partial charge in [0.2, 0.25) is 0 Å². The van der Waals surface area contributed by atoms with Crippen LogP contribution in [0.1, 0.15) is 29.5 Å². The lowest BCUT2D eigenvalue weighted by molar-refractivity contribution is -0.218. The maximum Gasteiger partial charge on any atom is 0.335 e. The molecule has 5 N–H and O–H groups in total. The number of aromatic hydroxyl groups is 3. The molecule has 0 saturated heterocycles. The van der Waals surface area contributed by atoms with Crippen LogP contribution in [-0.2, 0) is 38.8 Å². The number of hydrogen-bond donors (Lipinski definition) is 5. The van der Waals surface area contributed by atoms with Crippen LogP contribution in [0.15, 0.2) is 54.6 Å². The van der Waals surface area contributed by atoms with Crippen molar-refractivity contribution in [1.29, 1.82) is 0 Å². The summed E-state index contributed by atoms with van der Waals surface area (Å²) in [5, 5.41) is 51.0. The number of carboxylic acid groups (broad SMARTS) is 1. The number of phenols is 3. The first-order valence-corrected chi connectivity index (χ1v) is 13.4. The number of carbonyl (C=O) groups is 1. The minimum absolute atomic E-state index is 0.00816. The topological polar surface area (TPSA) is 174 Å². The molecule has 0 spiro atoms. The van der Waals surface area contributed by atoms with E-state index in [1.807, 2.05) is 0 Å². The molecular weight excluding hydrogens is 564 g/mol. The molecule has 0 aliphatic heterocycles. The Morgan fingerprint density at radius 3 is 1.35 bits per heavy atom. The van der Waals surface area contributed by atoms with Gasteiger partial charge in [-0.1, -0.05) is 18.2 Å². The van der Waals surface area contributed by atoms with Crippen LogP contribution < -0.4 is 14.2 Å². The molecule has 0 unspecified atom stereocenters. The fourth-order valence-electron chi connectivity index (χ4n) is 4.95. The zero-order valence-corrected chi connectivity index (χ0v) is 24.1. The van der Waals surface area contributed by atoms with Gasteiger partial charge >= 0.3 is 5.97 Å². The molecule has 0 aromatic heterocycles. The lowest BCUT2D eigenvalue weighted by atomic mass is 9.79. The number of methoxy groups -OCH3 is 3. The number of carboxylic acids is 1. The van der Waals surface area contributed by atoms with Crippen LogP contribution in [-0.4, -0.2) is 76.7 Å². The predicted octanol–water partition coefficient (Wildman–Crippen LogP) is 3.49. The Morgan fingerprint density at radius 1 is 0.674 bits per heavy atom. The fraction of sp³-hybridized carbons (Fsp3) is 0.387. The highest BCUT2D eigenvalue weighted by atomic mass is 16.6. The summed E-state index contributed by atoms with van der Waals surface area (Å²) in [6.07, 6.45) is -3.28. The molecule has 0 heterocycles. The van der Waals surface area contributed by atoms with Crippen LogP contribution in [0.5, 0.6) is 34.5 Å². The minimum atomic E-state index is -2.17. The highest BCUT2D eigenvalue weighted by Gasteiger charge is 2.51. The average Bonchev–Trinajstić information content (AvgIpc) is 3.00. The van der Waals surface area contributed by atoms with Gasteiger partial charge in [0.15, 0.2) is 40.1 Å². The van der Waals surface area contributed by atoms with E-state index in [9.17, 15) is 30.3 Å². The molecule has 4 rings (SSSR count). The highest BCUT2D eigenvalue weighted by molar-refractivity contribution is 5.77. The van der Waals surface area contributed by atoms with Gasteiger partial charge in [0, 0.05) is 12.8 Å². The maximum atomic E-state index is 12.2. The van der Waals surface area contributed by atoms with E-state index in [1.54, 1.807) is 36.4 Å². The molecule has 0 bridgehead atoms. The number of aliphatic carboxylic acids is 1. The summed E-state index contributed by atoms with van der Waals surface area (Å²) in [6, 6.07) is 14.1. The third-order valence-corrected chi connectivity index (χ3v) is 7.31. The van der Waals surface area contributed by atoms with Crippen molar-refractivity contribution in [3.8, 4) is 34.5 Å². The highest BCUT2D eigenvalue weighted by Crippen LogP contribution is 2.37. The second-order valence-electron chi connectivity index (χ2n) is 10.2. The normalized spacial score (nSPS) is 21.7. The van der Waals surface area contributed by atoms with Gasteiger partial charge in [-0.05, 0) is 53.1 Å². The Hall–Kier alpha value is -4.23. The minimum Gasteiger partial charge on any atom is -0.504 e. The Kier molecular flexibility index (Phi) is 10.2. The van der Waals surface area contributed by atoms with Crippen LogP contribution >= 0.6 is 0 Å². The van der Waals surface area contributed by atoms with Crippen molar-refractivity contribution in [3.63, 3.8) is 0 Å². The molecule has 3 aromatic rings. The van der Waals surface area contributed by atoms with E-state index in [-0.39, 0.29) is 67.2 Å². The zero-order valence-electron chi connectivity index (χ0n) is 24.1. The third-order valence-electron chi connectivity index (χ3n) is 7.31. The van der Waals surface area contributed by atoms with Crippen molar-refractivity contribution in [3.05, 3.63) is 71.3 Å². The number of aliphatic hydroxyl groups is 1. The fourth-order valence-corrected chi connectivity index (χ4v) is 4.95. The quantitative estimate of drug-likeness (QED) is 0.194. The lowest BCUT2D eigenvalue weighted by Gasteiger charge is -2.43. The molecule has 1 saturated carbocycles. The van der Waals surface area contributed by atoms with E-state index in [1.165, 1.54) is 39.5 Å². The molecule has 43 heavy (non-hydrogen) atoms. The standard InChI is InChI=1S/C31H36O12/c1-38-24-10-18(4-7-21(24)32)15-41-27-13-31(37,30(35)36)14-28(42-16-19-5-8-22(33)25(11-19)39-2)29(27)43-17-20-6-9-23(34)26(12-20)40-3/h4-12,27-29,32-34,37H,13-17H2,1-3H3,(H,35,36)/t27-,28-,29?,31?/m1/s1. The first kappa shape index (κ1) is 31.7. The van der Waals surface area contributed by atoms with Gasteiger partial charge in [-0.2, -0.15) is 0 Å². The van der Waals surface area contributed by atoms with Crippen molar-refractivity contribution in [1.82, 2.24) is 0 Å². The number of phenolic OH excluding ortho intramolecular Hbond substituents is 3. The summed E-state index contributed by atoms with van der Waals surface area (Å²) in [5.74, 6) is -0.811. The van der Waals surface area contributed by atoms with Crippen molar-refractivity contribution >= 4 is 5.97 Å². The van der Waals surface area contributed by atoms with E-state index in [0.717, 1.165) is 0 Å². The molecule has 2 atom stereocenters. The second kappa shape index (κ2) is 13.8. The molecule has 1 aliphatic carbocycles. The van der Waals surface area contributed by atoms with Crippen LogP contribution in [0.2, 0.25) is 0 Å². The predicted molar refractivity (Wildman–Crippen MR) is 152 cm³/mol. The van der Waals surface area contributed by atoms with Crippen molar-refractivity contribution in [2.75, 3.05) is 21.3 Å². The maximum absolute atomic E-state index is 12.2. The van der Waals surface area contributed by atoms with Crippen molar-refractivity contribution < 1.29 is 58.7 Å². The summed E-state index contributed by atoms with van der Waals surface area (Å²) < 4.78 is 34.2. The Bertz CT molecular complexity index is 1340. The molecule has 12 heteroatoms. The number of hydrogen-bond acceptors (Lipinski definition) is 11. The SMILES string of the molecule is COc1cc(COC2[C@H](OCc3ccc(O)c(OC)c3)CC(O)(C(=O)O)C[C@H]2OCc2ccc(O)c(OC)c2)ccc1O. The van der Waals surface area contributed by atoms with Crippen LogP contribution in [0.4, 0.5) is 0 Å². The molecule has 3 aromatic carbocycles. The van der Waals surface area contributed by atoms with E-state index in [4.69, 9.17) is 28.4 Å². The van der Waals surface area contributed by atoms with E-state index >= 15 is 0 Å². The monoisotopic (exact) mass is 600 g/mol. The molecule has 232 valence electrons.